The minimum Gasteiger partial charge on any atom is -0.372 e. The molecule has 0 saturated carbocycles. The monoisotopic (exact) mass is 433 g/mol. The lowest BCUT2D eigenvalue weighted by atomic mass is 10.1. The van der Waals surface area contributed by atoms with Crippen LogP contribution in [0.5, 0.6) is 0 Å². The highest BCUT2D eigenvalue weighted by Crippen LogP contribution is 2.30. The van der Waals surface area contributed by atoms with Crippen LogP contribution in [0.15, 0.2) is 60.5 Å². The Morgan fingerprint density at radius 1 is 1.06 bits per heavy atom. The number of hydrogen-bond acceptors (Lipinski definition) is 5. The van der Waals surface area contributed by atoms with Crippen molar-refractivity contribution in [2.24, 2.45) is 0 Å². The van der Waals surface area contributed by atoms with Crippen LogP contribution < -0.4 is 14.8 Å². The summed E-state index contributed by atoms with van der Waals surface area (Å²) in [7, 11) is 0. The number of nitrogens with one attached hydrogen (secondary N) is 1. The zero-order valence-corrected chi connectivity index (χ0v) is 19.4. The molecule has 2 aromatic heterocycles. The van der Waals surface area contributed by atoms with Crippen LogP contribution in [0, 0.1) is 6.92 Å². The Balaban J connectivity index is 1.48. The predicted octanol–water partition coefficient (Wildman–Crippen LogP) is 5.20. The van der Waals surface area contributed by atoms with Crippen LogP contribution in [-0.4, -0.2) is 27.9 Å². The summed E-state index contributed by atoms with van der Waals surface area (Å²) in [5.74, 6) is 0. The fraction of sp³-hybridized carbons (Fsp3) is 0.292. The molecule has 2 aromatic carbocycles. The number of benzene rings is 2. The lowest BCUT2D eigenvalue weighted by Crippen LogP contribution is -2.28. The summed E-state index contributed by atoms with van der Waals surface area (Å²) in [5, 5.41) is 10.9. The van der Waals surface area contributed by atoms with Crippen LogP contribution in [0.3, 0.4) is 0 Å². The van der Waals surface area contributed by atoms with E-state index in [2.05, 4.69) is 90.9 Å². The Morgan fingerprint density at radius 3 is 2.48 bits per heavy atom. The highest BCUT2D eigenvalue weighted by Gasteiger charge is 2.11. The van der Waals surface area contributed by atoms with Gasteiger partial charge < -0.3 is 10.2 Å². The van der Waals surface area contributed by atoms with Gasteiger partial charge in [0.15, 0.2) is 5.13 Å². The highest BCUT2D eigenvalue weighted by molar-refractivity contribution is 7.14. The summed E-state index contributed by atoms with van der Waals surface area (Å²) in [4.78, 5) is 7.15. The molecule has 0 radical (unpaired) electrons. The summed E-state index contributed by atoms with van der Waals surface area (Å²) in [6.45, 7) is 11.5. The van der Waals surface area contributed by atoms with E-state index in [4.69, 9.17) is 4.98 Å². The largest absolute Gasteiger partial charge is 0.372 e. The van der Waals surface area contributed by atoms with Crippen LogP contribution >= 0.6 is 11.3 Å². The summed E-state index contributed by atoms with van der Waals surface area (Å²) < 4.78 is 3.93. The van der Waals surface area contributed by atoms with E-state index in [1.165, 1.54) is 11.3 Å². The predicted molar refractivity (Wildman–Crippen MR) is 129 cm³/mol. The Kier molecular flexibility index (Phi) is 6.32. The number of aromatic nitrogens is 4. The third-order valence-corrected chi connectivity index (χ3v) is 6.22. The number of anilines is 3. The molecule has 1 N–H and O–H groups in total. The minimum atomic E-state index is 0.897. The quantitative estimate of drug-likeness (QED) is 0.388. The zero-order chi connectivity index (χ0) is 21.8. The number of nitrogens with zero attached hydrogens (tertiary/aromatic N) is 5. The standard InChI is InChI=1S/C24H29N6S/c1-5-28-16-25-30(17-28)20-10-8-19(9-11-20)23-15-31-24(27-23)26-22-13-12-21(14-18(22)4)29(6-2)7-3/h8-17H,5-7H2,1-4H3,(H,26,27)/q+1. The Hall–Kier alpha value is -3.19. The van der Waals surface area contributed by atoms with Gasteiger partial charge in [0.25, 0.3) is 6.33 Å². The molecule has 0 aliphatic rings. The van der Waals surface area contributed by atoms with Crippen molar-refractivity contribution < 1.29 is 4.57 Å². The number of thiazole rings is 1. The Bertz CT molecular complexity index is 1140. The van der Waals surface area contributed by atoms with Crippen molar-refractivity contribution in [3.05, 3.63) is 66.1 Å². The van der Waals surface area contributed by atoms with Gasteiger partial charge in [0.1, 0.15) is 5.69 Å². The maximum absolute atomic E-state index is 4.80. The second kappa shape index (κ2) is 9.31. The molecular weight excluding hydrogens is 404 g/mol. The number of rotatable bonds is 8. The van der Waals surface area contributed by atoms with Gasteiger partial charge in [-0.3, -0.25) is 0 Å². The summed E-state index contributed by atoms with van der Waals surface area (Å²) in [6, 6.07) is 14.9. The normalized spacial score (nSPS) is 11.0. The van der Waals surface area contributed by atoms with Gasteiger partial charge in [0, 0.05) is 40.5 Å². The van der Waals surface area contributed by atoms with Gasteiger partial charge in [-0.2, -0.15) is 0 Å². The molecule has 160 valence electrons. The van der Waals surface area contributed by atoms with Crippen molar-refractivity contribution in [3.8, 4) is 16.9 Å². The molecule has 0 unspecified atom stereocenters. The molecule has 0 saturated heterocycles. The van der Waals surface area contributed by atoms with Crippen molar-refractivity contribution in [3.63, 3.8) is 0 Å². The molecule has 7 heteroatoms. The number of hydrogen-bond donors (Lipinski definition) is 1. The molecule has 31 heavy (non-hydrogen) atoms. The van der Waals surface area contributed by atoms with Crippen LogP contribution in [0.2, 0.25) is 0 Å². The van der Waals surface area contributed by atoms with E-state index in [0.29, 0.717) is 0 Å². The van der Waals surface area contributed by atoms with Gasteiger partial charge in [-0.25, -0.2) is 9.55 Å². The van der Waals surface area contributed by atoms with E-state index in [1.54, 1.807) is 11.3 Å². The molecule has 0 fully saturated rings. The Labute approximate surface area is 187 Å². The summed E-state index contributed by atoms with van der Waals surface area (Å²) in [6.07, 6.45) is 3.83. The van der Waals surface area contributed by atoms with Crippen molar-refractivity contribution in [2.75, 3.05) is 23.3 Å². The lowest BCUT2D eigenvalue weighted by molar-refractivity contribution is -0.694. The molecule has 4 rings (SSSR count). The van der Waals surface area contributed by atoms with Crippen LogP contribution in [-0.2, 0) is 6.54 Å². The molecule has 0 bridgehead atoms. The molecule has 6 nitrogen and oxygen atoms in total. The first kappa shape index (κ1) is 21.1. The van der Waals surface area contributed by atoms with Crippen LogP contribution in [0.4, 0.5) is 16.5 Å². The van der Waals surface area contributed by atoms with Crippen molar-refractivity contribution >= 4 is 27.8 Å². The highest BCUT2D eigenvalue weighted by atomic mass is 32.1. The molecule has 0 amide bonds. The van der Waals surface area contributed by atoms with Crippen molar-refractivity contribution in [2.45, 2.75) is 34.2 Å². The Morgan fingerprint density at radius 2 is 1.84 bits per heavy atom. The van der Waals surface area contributed by atoms with E-state index in [-0.39, 0.29) is 0 Å². The smallest absolute Gasteiger partial charge is 0.265 e. The third-order valence-electron chi connectivity index (χ3n) is 5.46. The molecule has 0 atom stereocenters. The minimum absolute atomic E-state index is 0.897. The molecule has 0 aliphatic heterocycles. The summed E-state index contributed by atoms with van der Waals surface area (Å²) >= 11 is 1.62. The second-order valence-corrected chi connectivity index (χ2v) is 8.26. The first-order valence-electron chi connectivity index (χ1n) is 10.7. The fourth-order valence-electron chi connectivity index (χ4n) is 3.56. The van der Waals surface area contributed by atoms with E-state index < -0.39 is 0 Å². The maximum Gasteiger partial charge on any atom is 0.265 e. The van der Waals surface area contributed by atoms with Gasteiger partial charge in [-0.15, -0.1) is 11.3 Å². The average Bonchev–Trinajstić information content (AvgIpc) is 3.46. The van der Waals surface area contributed by atoms with Crippen molar-refractivity contribution in [1.82, 2.24) is 14.8 Å². The van der Waals surface area contributed by atoms with Gasteiger partial charge >= 0.3 is 0 Å². The van der Waals surface area contributed by atoms with Crippen LogP contribution in [0.1, 0.15) is 26.3 Å². The van der Waals surface area contributed by atoms with E-state index >= 15 is 0 Å². The lowest BCUT2D eigenvalue weighted by Gasteiger charge is -2.22. The maximum atomic E-state index is 4.80. The second-order valence-electron chi connectivity index (χ2n) is 7.40. The molecule has 4 aromatic rings. The topological polar surface area (TPSA) is 49.9 Å². The summed E-state index contributed by atoms with van der Waals surface area (Å²) in [5.41, 5.74) is 6.67. The van der Waals surface area contributed by atoms with Gasteiger partial charge in [-0.1, -0.05) is 4.68 Å². The molecular formula is C24H29N6S+. The number of aryl methyl sites for hydroxylation is 2. The molecule has 0 aliphatic carbocycles. The fourth-order valence-corrected chi connectivity index (χ4v) is 4.29. The van der Waals surface area contributed by atoms with E-state index in [1.807, 2.05) is 21.9 Å². The first-order chi connectivity index (χ1) is 15.1. The molecule has 2 heterocycles. The van der Waals surface area contributed by atoms with Crippen molar-refractivity contribution in [1.29, 1.82) is 0 Å². The zero-order valence-electron chi connectivity index (χ0n) is 18.5. The first-order valence-corrected chi connectivity index (χ1v) is 11.6. The average molecular weight is 434 g/mol. The van der Waals surface area contributed by atoms with E-state index in [0.717, 1.165) is 47.4 Å². The third kappa shape index (κ3) is 4.61. The molecule has 0 spiro atoms. The van der Waals surface area contributed by atoms with Gasteiger partial charge in [0.2, 0.25) is 6.33 Å². The van der Waals surface area contributed by atoms with Gasteiger partial charge in [0.05, 0.1) is 12.2 Å². The van der Waals surface area contributed by atoms with E-state index in [9.17, 15) is 0 Å². The SMILES string of the molecule is CCN(CC)c1ccc(Nc2nc(-c3ccc(-n4c[n+](CC)cn4)cc3)cs2)c(C)c1. The van der Waals surface area contributed by atoms with Gasteiger partial charge in [-0.05, 0) is 75.7 Å². The van der Waals surface area contributed by atoms with Crippen LogP contribution in [0.25, 0.3) is 16.9 Å².